The van der Waals surface area contributed by atoms with Crippen molar-refractivity contribution in [3.63, 3.8) is 0 Å². The molecule has 0 unspecified atom stereocenters. The van der Waals surface area contributed by atoms with Crippen LogP contribution in [0.3, 0.4) is 0 Å². The van der Waals surface area contributed by atoms with Crippen LogP contribution in [-0.4, -0.2) is 59.1 Å². The van der Waals surface area contributed by atoms with Gasteiger partial charge in [-0.05, 0) is 31.3 Å². The number of furan rings is 1. The summed E-state index contributed by atoms with van der Waals surface area (Å²) < 4.78 is 5.23. The fraction of sp³-hybridized carbons (Fsp3) is 0.400. The van der Waals surface area contributed by atoms with Crippen LogP contribution in [0.2, 0.25) is 0 Å². The van der Waals surface area contributed by atoms with Gasteiger partial charge >= 0.3 is 0 Å². The number of hydrogen-bond donors (Lipinski definition) is 1. The molecule has 116 valence electrons. The molecule has 0 spiro atoms. The molecule has 1 fully saturated rings. The zero-order valence-corrected chi connectivity index (χ0v) is 12.5. The monoisotopic (exact) mass is 301 g/mol. The Morgan fingerprint density at radius 3 is 2.68 bits per heavy atom. The van der Waals surface area contributed by atoms with Crippen LogP contribution in [0.4, 0.5) is 5.82 Å². The molecule has 1 N–H and O–H groups in total. The van der Waals surface area contributed by atoms with Crippen molar-refractivity contribution in [1.29, 1.82) is 0 Å². The van der Waals surface area contributed by atoms with Crippen molar-refractivity contribution in [3.05, 3.63) is 42.0 Å². The van der Waals surface area contributed by atoms with Crippen molar-refractivity contribution in [1.82, 2.24) is 20.0 Å². The van der Waals surface area contributed by atoms with E-state index in [4.69, 9.17) is 4.42 Å². The predicted octanol–water partition coefficient (Wildman–Crippen LogP) is 1.07. The van der Waals surface area contributed by atoms with Crippen LogP contribution in [0.25, 0.3) is 0 Å². The minimum atomic E-state index is -0.0572. The van der Waals surface area contributed by atoms with Gasteiger partial charge in [0.2, 0.25) is 0 Å². The Labute approximate surface area is 128 Å². The van der Waals surface area contributed by atoms with E-state index in [-0.39, 0.29) is 5.91 Å². The number of rotatable bonds is 4. The Bertz CT molecular complexity index is 603. The van der Waals surface area contributed by atoms with Crippen LogP contribution in [0.1, 0.15) is 16.2 Å². The second kappa shape index (κ2) is 6.57. The number of amides is 1. The van der Waals surface area contributed by atoms with E-state index in [1.807, 2.05) is 17.0 Å². The molecule has 3 rings (SSSR count). The third kappa shape index (κ3) is 3.43. The summed E-state index contributed by atoms with van der Waals surface area (Å²) in [5.41, 5.74) is 0.383. The summed E-state index contributed by atoms with van der Waals surface area (Å²) >= 11 is 0. The lowest BCUT2D eigenvalue weighted by Crippen LogP contribution is -2.47. The van der Waals surface area contributed by atoms with Gasteiger partial charge in [-0.25, -0.2) is 0 Å². The topological polar surface area (TPSA) is 74.5 Å². The van der Waals surface area contributed by atoms with E-state index in [1.54, 1.807) is 18.4 Å². The van der Waals surface area contributed by atoms with Crippen molar-refractivity contribution < 1.29 is 9.21 Å². The molecular weight excluding hydrogens is 282 g/mol. The molecule has 0 radical (unpaired) electrons. The molecule has 0 aliphatic carbocycles. The van der Waals surface area contributed by atoms with Crippen LogP contribution >= 0.6 is 0 Å². The molecule has 3 heterocycles. The number of piperazine rings is 1. The second-order valence-electron chi connectivity index (χ2n) is 5.33. The molecule has 1 aliphatic rings. The van der Waals surface area contributed by atoms with Gasteiger partial charge in [-0.15, -0.1) is 10.2 Å². The highest BCUT2D eigenvalue weighted by Crippen LogP contribution is 2.09. The Balaban J connectivity index is 1.57. The SMILES string of the molecule is CN1CCN(C(=O)c2ccc(NCc3ccco3)nn2)CC1. The molecule has 1 amide bonds. The van der Waals surface area contributed by atoms with Crippen molar-refractivity contribution >= 4 is 11.7 Å². The number of nitrogens with one attached hydrogen (secondary N) is 1. The minimum Gasteiger partial charge on any atom is -0.467 e. The fourth-order valence-electron chi connectivity index (χ4n) is 2.30. The lowest BCUT2D eigenvalue weighted by Gasteiger charge is -2.32. The first-order valence-electron chi connectivity index (χ1n) is 7.30. The molecular formula is C15H19N5O2. The van der Waals surface area contributed by atoms with Crippen LogP contribution in [0, 0.1) is 0 Å². The average Bonchev–Trinajstić information content (AvgIpc) is 3.07. The number of anilines is 1. The van der Waals surface area contributed by atoms with Crippen molar-refractivity contribution in [3.8, 4) is 0 Å². The summed E-state index contributed by atoms with van der Waals surface area (Å²) in [6.45, 7) is 3.78. The highest BCUT2D eigenvalue weighted by atomic mass is 16.3. The largest absolute Gasteiger partial charge is 0.467 e. The summed E-state index contributed by atoms with van der Waals surface area (Å²) in [4.78, 5) is 16.4. The fourth-order valence-corrected chi connectivity index (χ4v) is 2.30. The maximum absolute atomic E-state index is 12.3. The maximum Gasteiger partial charge on any atom is 0.274 e. The summed E-state index contributed by atoms with van der Waals surface area (Å²) in [5, 5.41) is 11.2. The van der Waals surface area contributed by atoms with Crippen LogP contribution in [-0.2, 0) is 6.54 Å². The van der Waals surface area contributed by atoms with Crippen LogP contribution in [0.15, 0.2) is 34.9 Å². The number of carbonyl (C=O) groups is 1. The predicted molar refractivity (Wildman–Crippen MR) is 81.5 cm³/mol. The van der Waals surface area contributed by atoms with E-state index < -0.39 is 0 Å². The first kappa shape index (κ1) is 14.5. The van der Waals surface area contributed by atoms with Gasteiger partial charge in [0, 0.05) is 26.2 Å². The highest BCUT2D eigenvalue weighted by molar-refractivity contribution is 5.92. The van der Waals surface area contributed by atoms with Gasteiger partial charge in [0.1, 0.15) is 11.6 Å². The van der Waals surface area contributed by atoms with Crippen molar-refractivity contribution in [2.45, 2.75) is 6.54 Å². The quantitative estimate of drug-likeness (QED) is 0.910. The minimum absolute atomic E-state index is 0.0572. The molecule has 0 bridgehead atoms. The molecule has 7 heteroatoms. The van der Waals surface area contributed by atoms with Crippen molar-refractivity contribution in [2.75, 3.05) is 38.5 Å². The molecule has 7 nitrogen and oxygen atoms in total. The van der Waals surface area contributed by atoms with E-state index in [9.17, 15) is 4.79 Å². The Morgan fingerprint density at radius 2 is 2.05 bits per heavy atom. The van der Waals surface area contributed by atoms with E-state index in [0.717, 1.165) is 31.9 Å². The first-order valence-corrected chi connectivity index (χ1v) is 7.30. The normalized spacial score (nSPS) is 15.8. The van der Waals surface area contributed by atoms with Crippen LogP contribution < -0.4 is 5.32 Å². The lowest BCUT2D eigenvalue weighted by atomic mass is 10.3. The number of hydrogen-bond acceptors (Lipinski definition) is 6. The molecule has 1 saturated heterocycles. The zero-order chi connectivity index (χ0) is 15.4. The van der Waals surface area contributed by atoms with Gasteiger partial charge in [0.05, 0.1) is 12.8 Å². The van der Waals surface area contributed by atoms with Gasteiger partial charge < -0.3 is 19.5 Å². The van der Waals surface area contributed by atoms with Crippen molar-refractivity contribution in [2.24, 2.45) is 0 Å². The molecule has 22 heavy (non-hydrogen) atoms. The Kier molecular flexibility index (Phi) is 4.34. The Morgan fingerprint density at radius 1 is 1.23 bits per heavy atom. The second-order valence-corrected chi connectivity index (χ2v) is 5.33. The average molecular weight is 301 g/mol. The number of aromatic nitrogens is 2. The smallest absolute Gasteiger partial charge is 0.274 e. The van der Waals surface area contributed by atoms with Gasteiger partial charge in [-0.2, -0.15) is 0 Å². The highest BCUT2D eigenvalue weighted by Gasteiger charge is 2.21. The molecule has 0 saturated carbocycles. The zero-order valence-electron chi connectivity index (χ0n) is 12.5. The molecule has 2 aromatic rings. The third-order valence-electron chi connectivity index (χ3n) is 3.70. The molecule has 2 aromatic heterocycles. The van der Waals surface area contributed by atoms with Gasteiger partial charge in [0.25, 0.3) is 5.91 Å². The number of nitrogens with zero attached hydrogens (tertiary/aromatic N) is 4. The summed E-state index contributed by atoms with van der Waals surface area (Å²) in [6, 6.07) is 7.18. The standard InChI is InChI=1S/C15H19N5O2/c1-19-6-8-20(9-7-19)15(21)13-4-5-14(18-17-13)16-11-12-3-2-10-22-12/h2-5,10H,6-9,11H2,1H3,(H,16,18). The number of likely N-dealkylation sites (N-methyl/N-ethyl adjacent to an activating group) is 1. The van der Waals surface area contributed by atoms with E-state index in [2.05, 4.69) is 27.5 Å². The van der Waals surface area contributed by atoms with Gasteiger partial charge in [0.15, 0.2) is 5.69 Å². The third-order valence-corrected chi connectivity index (χ3v) is 3.70. The van der Waals surface area contributed by atoms with Gasteiger partial charge in [-0.1, -0.05) is 0 Å². The van der Waals surface area contributed by atoms with E-state index in [1.165, 1.54) is 0 Å². The van der Waals surface area contributed by atoms with Crippen LogP contribution in [0.5, 0.6) is 0 Å². The number of carbonyl (C=O) groups excluding carboxylic acids is 1. The molecule has 0 atom stereocenters. The summed E-state index contributed by atoms with van der Waals surface area (Å²) in [6.07, 6.45) is 1.63. The van der Waals surface area contributed by atoms with Gasteiger partial charge in [-0.3, -0.25) is 4.79 Å². The maximum atomic E-state index is 12.3. The first-order chi connectivity index (χ1) is 10.7. The molecule has 0 aromatic carbocycles. The van der Waals surface area contributed by atoms with E-state index in [0.29, 0.717) is 18.1 Å². The Hall–Kier alpha value is -2.41. The summed E-state index contributed by atoms with van der Waals surface area (Å²) in [7, 11) is 2.06. The van der Waals surface area contributed by atoms with E-state index >= 15 is 0 Å². The lowest BCUT2D eigenvalue weighted by molar-refractivity contribution is 0.0657. The molecule has 1 aliphatic heterocycles. The summed E-state index contributed by atoms with van der Waals surface area (Å²) in [5.74, 6) is 1.38.